The second-order valence-electron chi connectivity index (χ2n) is 4.67. The lowest BCUT2D eigenvalue weighted by molar-refractivity contribution is -0.384. The number of hydrogen-bond acceptors (Lipinski definition) is 5. The van der Waals surface area contributed by atoms with Gasteiger partial charge in [0.25, 0.3) is 5.69 Å². The average molecular weight is 329 g/mol. The van der Waals surface area contributed by atoms with E-state index in [2.05, 4.69) is 10.5 Å². The van der Waals surface area contributed by atoms with Crippen LogP contribution in [-0.4, -0.2) is 23.3 Å². The van der Waals surface area contributed by atoms with E-state index in [-0.39, 0.29) is 18.0 Å². The summed E-state index contributed by atoms with van der Waals surface area (Å²) in [5.74, 6) is -0.282. The van der Waals surface area contributed by atoms with Crippen LogP contribution in [-0.2, 0) is 11.2 Å². The SMILES string of the molecule is CSc1ccc(/C=N/NC(=O)Cc2ccc([N+](=O)[O-])cc2)cc1. The minimum Gasteiger partial charge on any atom is -0.273 e. The maximum Gasteiger partial charge on any atom is 0.269 e. The lowest BCUT2D eigenvalue weighted by Crippen LogP contribution is -2.19. The minimum absolute atomic E-state index is 0.000804. The van der Waals surface area contributed by atoms with E-state index in [9.17, 15) is 14.9 Å². The molecule has 0 heterocycles. The monoisotopic (exact) mass is 329 g/mol. The van der Waals surface area contributed by atoms with Crippen molar-refractivity contribution in [1.82, 2.24) is 5.43 Å². The number of thioether (sulfide) groups is 1. The van der Waals surface area contributed by atoms with Crippen molar-refractivity contribution in [2.75, 3.05) is 6.26 Å². The Bertz CT molecular complexity index is 712. The zero-order valence-corrected chi connectivity index (χ0v) is 13.2. The number of carbonyl (C=O) groups excluding carboxylic acids is 1. The number of nitrogens with one attached hydrogen (secondary N) is 1. The first-order chi connectivity index (χ1) is 11.1. The van der Waals surface area contributed by atoms with Crippen molar-refractivity contribution >= 4 is 29.6 Å². The molecule has 0 fully saturated rings. The Morgan fingerprint density at radius 1 is 1.22 bits per heavy atom. The van der Waals surface area contributed by atoms with Crippen LogP contribution < -0.4 is 5.43 Å². The van der Waals surface area contributed by atoms with Crippen LogP contribution in [0, 0.1) is 10.1 Å². The van der Waals surface area contributed by atoms with E-state index in [0.717, 1.165) is 10.5 Å². The highest BCUT2D eigenvalue weighted by Gasteiger charge is 2.06. The molecule has 0 aromatic heterocycles. The van der Waals surface area contributed by atoms with Gasteiger partial charge in [-0.05, 0) is 29.5 Å². The molecule has 0 saturated carbocycles. The highest BCUT2D eigenvalue weighted by Crippen LogP contribution is 2.14. The predicted octanol–water partition coefficient (Wildman–Crippen LogP) is 3.01. The average Bonchev–Trinajstić information content (AvgIpc) is 2.56. The van der Waals surface area contributed by atoms with Crippen molar-refractivity contribution in [3.05, 3.63) is 69.8 Å². The summed E-state index contributed by atoms with van der Waals surface area (Å²) < 4.78 is 0. The molecule has 0 saturated heterocycles. The number of benzene rings is 2. The number of nitro groups is 1. The molecule has 2 aromatic carbocycles. The molecule has 2 rings (SSSR count). The zero-order valence-electron chi connectivity index (χ0n) is 12.4. The lowest BCUT2D eigenvalue weighted by atomic mass is 10.1. The first kappa shape index (κ1) is 16.7. The number of hydrogen-bond donors (Lipinski definition) is 1. The molecular weight excluding hydrogens is 314 g/mol. The van der Waals surface area contributed by atoms with E-state index < -0.39 is 4.92 Å². The van der Waals surface area contributed by atoms with Crippen LogP contribution in [0.2, 0.25) is 0 Å². The number of hydrazone groups is 1. The van der Waals surface area contributed by atoms with Crippen LogP contribution in [0.3, 0.4) is 0 Å². The maximum absolute atomic E-state index is 11.8. The second kappa shape index (κ2) is 8.09. The molecule has 23 heavy (non-hydrogen) atoms. The topological polar surface area (TPSA) is 84.6 Å². The van der Waals surface area contributed by atoms with Crippen molar-refractivity contribution in [2.45, 2.75) is 11.3 Å². The molecule has 118 valence electrons. The predicted molar refractivity (Wildman–Crippen MR) is 90.8 cm³/mol. The Morgan fingerprint density at radius 3 is 2.43 bits per heavy atom. The van der Waals surface area contributed by atoms with E-state index in [1.807, 2.05) is 30.5 Å². The Morgan fingerprint density at radius 2 is 1.87 bits per heavy atom. The van der Waals surface area contributed by atoms with Gasteiger partial charge >= 0.3 is 0 Å². The van der Waals surface area contributed by atoms with Crippen LogP contribution in [0.1, 0.15) is 11.1 Å². The molecule has 0 aliphatic heterocycles. The highest BCUT2D eigenvalue weighted by molar-refractivity contribution is 7.98. The third-order valence-electron chi connectivity index (χ3n) is 3.03. The zero-order chi connectivity index (χ0) is 16.7. The summed E-state index contributed by atoms with van der Waals surface area (Å²) in [5, 5.41) is 14.5. The van der Waals surface area contributed by atoms with Crippen LogP contribution >= 0.6 is 11.8 Å². The summed E-state index contributed by atoms with van der Waals surface area (Å²) in [4.78, 5) is 23.0. The van der Waals surface area contributed by atoms with Crippen molar-refractivity contribution in [3.8, 4) is 0 Å². The molecule has 7 heteroatoms. The van der Waals surface area contributed by atoms with Crippen LogP contribution in [0.25, 0.3) is 0 Å². The van der Waals surface area contributed by atoms with Crippen LogP contribution in [0.15, 0.2) is 58.5 Å². The third-order valence-corrected chi connectivity index (χ3v) is 3.77. The smallest absolute Gasteiger partial charge is 0.269 e. The Balaban J connectivity index is 1.86. The number of non-ortho nitro benzene ring substituents is 1. The molecule has 0 aliphatic carbocycles. The number of nitro benzene ring substituents is 1. The largest absolute Gasteiger partial charge is 0.273 e. The van der Waals surface area contributed by atoms with Gasteiger partial charge in [0, 0.05) is 17.0 Å². The van der Waals surface area contributed by atoms with Crippen molar-refractivity contribution < 1.29 is 9.72 Å². The highest BCUT2D eigenvalue weighted by atomic mass is 32.2. The van der Waals surface area contributed by atoms with Gasteiger partial charge in [-0.15, -0.1) is 11.8 Å². The Hall–Kier alpha value is -2.67. The summed E-state index contributed by atoms with van der Waals surface area (Å²) >= 11 is 1.65. The summed E-state index contributed by atoms with van der Waals surface area (Å²) in [6.07, 6.45) is 3.68. The van der Waals surface area contributed by atoms with Gasteiger partial charge in [-0.25, -0.2) is 5.43 Å². The quantitative estimate of drug-likeness (QED) is 0.382. The molecule has 2 aromatic rings. The molecule has 0 bridgehead atoms. The van der Waals surface area contributed by atoms with E-state index in [0.29, 0.717) is 5.56 Å². The fraction of sp³-hybridized carbons (Fsp3) is 0.125. The number of amides is 1. The summed E-state index contributed by atoms with van der Waals surface area (Å²) in [5.41, 5.74) is 4.01. The van der Waals surface area contributed by atoms with Crippen LogP contribution in [0.4, 0.5) is 5.69 Å². The van der Waals surface area contributed by atoms with E-state index in [1.165, 1.54) is 12.1 Å². The first-order valence-electron chi connectivity index (χ1n) is 6.78. The number of nitrogens with zero attached hydrogens (tertiary/aromatic N) is 2. The van der Waals surface area contributed by atoms with Gasteiger partial charge in [-0.3, -0.25) is 14.9 Å². The van der Waals surface area contributed by atoms with Gasteiger partial charge in [0.1, 0.15) is 0 Å². The molecule has 0 unspecified atom stereocenters. The van der Waals surface area contributed by atoms with E-state index in [1.54, 1.807) is 30.1 Å². The molecular formula is C16H15N3O3S. The van der Waals surface area contributed by atoms with E-state index >= 15 is 0 Å². The second-order valence-corrected chi connectivity index (χ2v) is 5.55. The van der Waals surface area contributed by atoms with Gasteiger partial charge in [0.05, 0.1) is 17.6 Å². The summed E-state index contributed by atoms with van der Waals surface area (Å²) in [6, 6.07) is 13.6. The van der Waals surface area contributed by atoms with Gasteiger partial charge in [-0.2, -0.15) is 5.10 Å². The first-order valence-corrected chi connectivity index (χ1v) is 8.00. The Kier molecular flexibility index (Phi) is 5.87. The molecule has 0 atom stereocenters. The van der Waals surface area contributed by atoms with Gasteiger partial charge < -0.3 is 0 Å². The van der Waals surface area contributed by atoms with Crippen molar-refractivity contribution in [1.29, 1.82) is 0 Å². The third kappa shape index (κ3) is 5.23. The van der Waals surface area contributed by atoms with Gasteiger partial charge in [0.15, 0.2) is 0 Å². The van der Waals surface area contributed by atoms with Gasteiger partial charge in [0.2, 0.25) is 5.91 Å². The lowest BCUT2D eigenvalue weighted by Gasteiger charge is -2.01. The summed E-state index contributed by atoms with van der Waals surface area (Å²) in [7, 11) is 0. The van der Waals surface area contributed by atoms with Crippen molar-refractivity contribution in [3.63, 3.8) is 0 Å². The number of carbonyl (C=O) groups is 1. The normalized spacial score (nSPS) is 10.7. The molecule has 0 radical (unpaired) electrons. The molecule has 6 nitrogen and oxygen atoms in total. The Labute approximate surface area is 137 Å². The van der Waals surface area contributed by atoms with Crippen molar-refractivity contribution in [2.24, 2.45) is 5.10 Å². The molecule has 1 N–H and O–H groups in total. The van der Waals surface area contributed by atoms with Crippen LogP contribution in [0.5, 0.6) is 0 Å². The fourth-order valence-electron chi connectivity index (χ4n) is 1.83. The molecule has 1 amide bonds. The number of rotatable bonds is 6. The van der Waals surface area contributed by atoms with Gasteiger partial charge in [-0.1, -0.05) is 24.3 Å². The standard InChI is InChI=1S/C16H15N3O3S/c1-23-15-8-4-13(5-9-15)11-17-18-16(20)10-12-2-6-14(7-3-12)19(21)22/h2-9,11H,10H2,1H3,(H,18,20)/b17-11+. The van der Waals surface area contributed by atoms with E-state index in [4.69, 9.17) is 0 Å². The summed E-state index contributed by atoms with van der Waals surface area (Å²) in [6.45, 7) is 0. The minimum atomic E-state index is -0.476. The molecule has 0 aliphatic rings. The fourth-order valence-corrected chi connectivity index (χ4v) is 2.24. The molecule has 0 spiro atoms. The maximum atomic E-state index is 11.8.